The Labute approximate surface area is 108 Å². The first-order chi connectivity index (χ1) is 9.11. The lowest BCUT2D eigenvalue weighted by molar-refractivity contribution is -0.156. The zero-order valence-electron chi connectivity index (χ0n) is 10.4. The highest BCUT2D eigenvalue weighted by Gasteiger charge is 2.45. The van der Waals surface area contributed by atoms with Crippen LogP contribution in [0.4, 0.5) is 0 Å². The van der Waals surface area contributed by atoms with Gasteiger partial charge in [-0.2, -0.15) is 15.0 Å². The molecule has 1 N–H and O–H groups in total. The summed E-state index contributed by atoms with van der Waals surface area (Å²) in [5, 5.41) is 28.8. The molecule has 1 saturated carbocycles. The van der Waals surface area contributed by atoms with Gasteiger partial charge in [0.25, 0.3) is 0 Å². The first-order valence-electron chi connectivity index (χ1n) is 5.97. The van der Waals surface area contributed by atoms with Crippen LogP contribution < -0.4 is 0 Å². The van der Waals surface area contributed by atoms with Gasteiger partial charge in [-0.1, -0.05) is 6.42 Å². The second-order valence-corrected chi connectivity index (χ2v) is 4.82. The van der Waals surface area contributed by atoms with Crippen molar-refractivity contribution in [2.24, 2.45) is 12.5 Å². The first kappa shape index (κ1) is 11.8. The Hall–Kier alpha value is -2.32. The number of aryl methyl sites for hydroxylation is 1. The third kappa shape index (κ3) is 1.86. The Morgan fingerprint density at radius 2 is 2.32 bits per heavy atom. The molecule has 100 valence electrons. The van der Waals surface area contributed by atoms with Gasteiger partial charge < -0.3 is 5.11 Å². The number of carboxylic acid groups (broad SMARTS) is 1. The molecule has 2 heterocycles. The van der Waals surface area contributed by atoms with Crippen molar-refractivity contribution < 1.29 is 9.90 Å². The summed E-state index contributed by atoms with van der Waals surface area (Å²) >= 11 is 0. The SMILES string of the molecule is Cn1ncc(-c2nnnn2CC2(C(=O)O)CCC2)n1. The molecule has 0 spiro atoms. The van der Waals surface area contributed by atoms with Crippen LogP contribution in [0.1, 0.15) is 19.3 Å². The monoisotopic (exact) mass is 263 g/mol. The molecule has 0 bridgehead atoms. The van der Waals surface area contributed by atoms with Crippen LogP contribution in [0.5, 0.6) is 0 Å². The maximum absolute atomic E-state index is 11.4. The molecular weight excluding hydrogens is 250 g/mol. The number of tetrazole rings is 1. The van der Waals surface area contributed by atoms with Crippen LogP contribution in [0.25, 0.3) is 11.5 Å². The van der Waals surface area contributed by atoms with Crippen LogP contribution in [0.2, 0.25) is 0 Å². The smallest absolute Gasteiger partial charge is 0.311 e. The minimum Gasteiger partial charge on any atom is -0.481 e. The topological polar surface area (TPSA) is 112 Å². The van der Waals surface area contributed by atoms with Gasteiger partial charge in [-0.3, -0.25) is 4.79 Å². The fourth-order valence-corrected chi connectivity index (χ4v) is 2.27. The highest BCUT2D eigenvalue weighted by molar-refractivity contribution is 5.75. The second-order valence-electron chi connectivity index (χ2n) is 4.82. The van der Waals surface area contributed by atoms with E-state index in [1.54, 1.807) is 13.2 Å². The van der Waals surface area contributed by atoms with Gasteiger partial charge in [0, 0.05) is 7.05 Å². The van der Waals surface area contributed by atoms with Gasteiger partial charge in [-0.25, -0.2) is 4.68 Å². The minimum atomic E-state index is -0.792. The van der Waals surface area contributed by atoms with Crippen molar-refractivity contribution in [1.82, 2.24) is 35.2 Å². The molecule has 2 aromatic rings. The summed E-state index contributed by atoms with van der Waals surface area (Å²) in [6, 6.07) is 0. The van der Waals surface area contributed by atoms with Crippen LogP contribution in [0.15, 0.2) is 6.20 Å². The fraction of sp³-hybridized carbons (Fsp3) is 0.600. The van der Waals surface area contributed by atoms with Crippen molar-refractivity contribution >= 4 is 5.97 Å². The van der Waals surface area contributed by atoms with Crippen molar-refractivity contribution in [3.8, 4) is 11.5 Å². The van der Waals surface area contributed by atoms with E-state index in [9.17, 15) is 9.90 Å². The molecule has 0 saturated heterocycles. The van der Waals surface area contributed by atoms with Gasteiger partial charge in [-0.15, -0.1) is 5.10 Å². The number of rotatable bonds is 4. The maximum atomic E-state index is 11.4. The van der Waals surface area contributed by atoms with Crippen molar-refractivity contribution in [3.63, 3.8) is 0 Å². The molecule has 0 aromatic carbocycles. The van der Waals surface area contributed by atoms with E-state index < -0.39 is 11.4 Å². The molecule has 0 unspecified atom stereocenters. The summed E-state index contributed by atoms with van der Waals surface area (Å²) in [5.41, 5.74) is -0.209. The second kappa shape index (κ2) is 4.11. The molecule has 3 rings (SSSR count). The van der Waals surface area contributed by atoms with E-state index >= 15 is 0 Å². The molecule has 0 amide bonds. The van der Waals surface area contributed by atoms with Gasteiger partial charge in [0.2, 0.25) is 5.82 Å². The van der Waals surface area contributed by atoms with Crippen LogP contribution in [0.3, 0.4) is 0 Å². The molecule has 1 aliphatic rings. The average Bonchev–Trinajstić information content (AvgIpc) is 2.91. The van der Waals surface area contributed by atoms with Crippen LogP contribution in [-0.4, -0.2) is 46.3 Å². The largest absolute Gasteiger partial charge is 0.481 e. The fourth-order valence-electron chi connectivity index (χ4n) is 2.27. The summed E-state index contributed by atoms with van der Waals surface area (Å²) in [7, 11) is 1.70. The molecule has 0 aliphatic heterocycles. The summed E-state index contributed by atoms with van der Waals surface area (Å²) in [4.78, 5) is 12.8. The number of nitrogens with zero attached hydrogens (tertiary/aromatic N) is 7. The zero-order chi connectivity index (χ0) is 13.5. The minimum absolute atomic E-state index is 0.265. The van der Waals surface area contributed by atoms with Crippen molar-refractivity contribution in [3.05, 3.63) is 6.20 Å². The van der Waals surface area contributed by atoms with Crippen molar-refractivity contribution in [2.75, 3.05) is 0 Å². The predicted octanol–water partition coefficient (Wildman–Crippen LogP) is -0.277. The van der Waals surface area contributed by atoms with Crippen molar-refractivity contribution in [1.29, 1.82) is 0 Å². The van der Waals surface area contributed by atoms with E-state index in [-0.39, 0.29) is 6.54 Å². The van der Waals surface area contributed by atoms with E-state index in [2.05, 4.69) is 25.7 Å². The molecule has 9 nitrogen and oxygen atoms in total. The Balaban J connectivity index is 1.90. The lowest BCUT2D eigenvalue weighted by atomic mass is 9.69. The highest BCUT2D eigenvalue weighted by atomic mass is 16.4. The van der Waals surface area contributed by atoms with Gasteiger partial charge in [0.15, 0.2) is 5.69 Å². The first-order valence-corrected chi connectivity index (χ1v) is 5.97. The summed E-state index contributed by atoms with van der Waals surface area (Å²) in [6.07, 6.45) is 3.79. The molecule has 19 heavy (non-hydrogen) atoms. The Morgan fingerprint density at radius 1 is 1.53 bits per heavy atom. The van der Waals surface area contributed by atoms with Crippen LogP contribution in [0, 0.1) is 5.41 Å². The predicted molar refractivity (Wildman–Crippen MR) is 61.7 cm³/mol. The van der Waals surface area contributed by atoms with E-state index in [0.29, 0.717) is 24.4 Å². The van der Waals surface area contributed by atoms with Crippen molar-refractivity contribution in [2.45, 2.75) is 25.8 Å². The molecule has 2 aromatic heterocycles. The number of hydrogen-bond acceptors (Lipinski definition) is 6. The third-order valence-electron chi connectivity index (χ3n) is 3.58. The van der Waals surface area contributed by atoms with E-state index in [4.69, 9.17) is 0 Å². The maximum Gasteiger partial charge on any atom is 0.311 e. The lowest BCUT2D eigenvalue weighted by Gasteiger charge is -2.37. The Kier molecular flexibility index (Phi) is 2.54. The quantitative estimate of drug-likeness (QED) is 0.807. The molecule has 9 heteroatoms. The summed E-state index contributed by atoms with van der Waals surface area (Å²) in [5.74, 6) is -0.347. The summed E-state index contributed by atoms with van der Waals surface area (Å²) in [6.45, 7) is 0.265. The van der Waals surface area contributed by atoms with Gasteiger partial charge in [0.05, 0.1) is 18.2 Å². The number of hydrogen-bond donors (Lipinski definition) is 1. The summed E-state index contributed by atoms with van der Waals surface area (Å²) < 4.78 is 1.50. The van der Waals surface area contributed by atoms with E-state index in [1.165, 1.54) is 9.48 Å². The zero-order valence-corrected chi connectivity index (χ0v) is 10.4. The molecule has 1 aliphatic carbocycles. The number of aliphatic carboxylic acids is 1. The third-order valence-corrected chi connectivity index (χ3v) is 3.58. The normalized spacial score (nSPS) is 17.1. The Bertz CT molecular complexity index is 613. The highest BCUT2D eigenvalue weighted by Crippen LogP contribution is 2.42. The number of aromatic nitrogens is 7. The molecule has 0 radical (unpaired) electrons. The molecule has 1 fully saturated rings. The Morgan fingerprint density at radius 3 is 2.84 bits per heavy atom. The average molecular weight is 263 g/mol. The number of carboxylic acids is 1. The standard InChI is InChI=1S/C10H13N7O2/c1-16-11-5-7(13-16)8-12-14-15-17(8)6-10(9(18)19)3-2-4-10/h5H,2-4,6H2,1H3,(H,18,19). The van der Waals surface area contributed by atoms with Gasteiger partial charge in [-0.05, 0) is 23.3 Å². The lowest BCUT2D eigenvalue weighted by Crippen LogP contribution is -2.42. The molecule has 0 atom stereocenters. The van der Waals surface area contributed by atoms with Gasteiger partial charge >= 0.3 is 5.97 Å². The van der Waals surface area contributed by atoms with Gasteiger partial charge in [0.1, 0.15) is 0 Å². The van der Waals surface area contributed by atoms with E-state index in [1.807, 2.05) is 0 Å². The number of carbonyl (C=O) groups is 1. The van der Waals surface area contributed by atoms with Crippen LogP contribution in [-0.2, 0) is 18.4 Å². The molecular formula is C10H13N7O2. The van der Waals surface area contributed by atoms with E-state index in [0.717, 1.165) is 6.42 Å². The van der Waals surface area contributed by atoms with Crippen LogP contribution >= 0.6 is 0 Å².